The van der Waals surface area contributed by atoms with E-state index in [1.807, 2.05) is 73.9 Å². The highest BCUT2D eigenvalue weighted by Gasteiger charge is 2.43. The molecule has 1 aliphatic rings. The van der Waals surface area contributed by atoms with E-state index in [1.165, 1.54) is 5.56 Å². The third-order valence-corrected chi connectivity index (χ3v) is 6.95. The van der Waals surface area contributed by atoms with Crippen molar-refractivity contribution in [3.63, 3.8) is 0 Å². The molecule has 2 atom stereocenters. The first kappa shape index (κ1) is 22.0. The van der Waals surface area contributed by atoms with Crippen molar-refractivity contribution in [3.05, 3.63) is 101 Å². The number of benzene rings is 3. The zero-order valence-corrected chi connectivity index (χ0v) is 19.9. The van der Waals surface area contributed by atoms with Gasteiger partial charge >= 0.3 is 0 Å². The fraction of sp³-hybridized carbons (Fsp3) is 0.241. The summed E-state index contributed by atoms with van der Waals surface area (Å²) in [6, 6.07) is 23.1. The van der Waals surface area contributed by atoms with Crippen LogP contribution in [-0.4, -0.2) is 28.3 Å². The van der Waals surface area contributed by atoms with Crippen LogP contribution in [0.25, 0.3) is 10.9 Å². The summed E-state index contributed by atoms with van der Waals surface area (Å²) >= 11 is 0. The van der Waals surface area contributed by atoms with Gasteiger partial charge < -0.3 is 14.8 Å². The van der Waals surface area contributed by atoms with Gasteiger partial charge in [0.25, 0.3) is 5.91 Å². The van der Waals surface area contributed by atoms with Crippen LogP contribution >= 0.6 is 0 Å². The number of rotatable bonds is 4. The Morgan fingerprint density at radius 1 is 0.882 bits per heavy atom. The van der Waals surface area contributed by atoms with Crippen molar-refractivity contribution < 1.29 is 9.59 Å². The Morgan fingerprint density at radius 2 is 1.56 bits per heavy atom. The Balaban J connectivity index is 1.62. The zero-order chi connectivity index (χ0) is 24.0. The van der Waals surface area contributed by atoms with E-state index in [1.54, 1.807) is 11.9 Å². The van der Waals surface area contributed by atoms with Gasteiger partial charge in [0.15, 0.2) is 0 Å². The van der Waals surface area contributed by atoms with Gasteiger partial charge in [-0.1, -0.05) is 62.4 Å². The molecule has 2 heterocycles. The van der Waals surface area contributed by atoms with Crippen LogP contribution in [0, 0.1) is 0 Å². The van der Waals surface area contributed by atoms with Crippen molar-refractivity contribution in [1.82, 2.24) is 9.47 Å². The van der Waals surface area contributed by atoms with E-state index in [9.17, 15) is 9.59 Å². The fourth-order valence-corrected chi connectivity index (χ4v) is 5.13. The first-order valence-electron chi connectivity index (χ1n) is 11.7. The van der Waals surface area contributed by atoms with E-state index in [4.69, 9.17) is 0 Å². The molecule has 34 heavy (non-hydrogen) atoms. The van der Waals surface area contributed by atoms with Crippen LogP contribution in [-0.2, 0) is 11.8 Å². The summed E-state index contributed by atoms with van der Waals surface area (Å²) in [7, 11) is 3.79. The number of hydrogen-bond acceptors (Lipinski definition) is 2. The fourth-order valence-electron chi connectivity index (χ4n) is 5.13. The average Bonchev–Trinajstić information content (AvgIpc) is 3.17. The molecule has 1 N–H and O–H groups in total. The summed E-state index contributed by atoms with van der Waals surface area (Å²) < 4.78 is 2.06. The van der Waals surface area contributed by atoms with Gasteiger partial charge in [0.05, 0.1) is 12.0 Å². The molecule has 4 aromatic rings. The molecule has 0 saturated heterocycles. The molecule has 0 saturated carbocycles. The maximum atomic E-state index is 13.9. The highest BCUT2D eigenvalue weighted by molar-refractivity contribution is 6.05. The topological polar surface area (TPSA) is 54.3 Å². The lowest BCUT2D eigenvalue weighted by Crippen LogP contribution is -2.44. The minimum Gasteiger partial charge on any atom is -0.350 e. The first-order chi connectivity index (χ1) is 16.4. The quantitative estimate of drug-likeness (QED) is 0.423. The maximum absolute atomic E-state index is 13.9. The molecule has 5 nitrogen and oxygen atoms in total. The molecule has 5 rings (SSSR count). The summed E-state index contributed by atoms with van der Waals surface area (Å²) in [4.78, 5) is 28.9. The van der Waals surface area contributed by atoms with Gasteiger partial charge in [-0.3, -0.25) is 9.59 Å². The molecule has 1 aromatic heterocycles. The Morgan fingerprint density at radius 3 is 2.29 bits per heavy atom. The Kier molecular flexibility index (Phi) is 5.48. The number of nitrogens with zero attached hydrogens (tertiary/aromatic N) is 2. The van der Waals surface area contributed by atoms with Gasteiger partial charge in [0.1, 0.15) is 0 Å². The second kappa shape index (κ2) is 8.49. The number of fused-ring (bicyclic) bond motifs is 2. The molecule has 1 aliphatic heterocycles. The van der Waals surface area contributed by atoms with E-state index in [2.05, 4.69) is 35.9 Å². The van der Waals surface area contributed by atoms with Gasteiger partial charge in [-0.15, -0.1) is 0 Å². The molecule has 0 bridgehead atoms. The third kappa shape index (κ3) is 3.58. The summed E-state index contributed by atoms with van der Waals surface area (Å²) in [5.41, 5.74) is 5.36. The largest absolute Gasteiger partial charge is 0.350 e. The van der Waals surface area contributed by atoms with Crippen LogP contribution in [0.4, 0.5) is 5.69 Å². The number of hydrogen-bond donors (Lipinski definition) is 1. The smallest absolute Gasteiger partial charge is 0.254 e. The van der Waals surface area contributed by atoms with Gasteiger partial charge in [-0.25, -0.2) is 0 Å². The van der Waals surface area contributed by atoms with Gasteiger partial charge in [0.2, 0.25) is 5.91 Å². The lowest BCUT2D eigenvalue weighted by Gasteiger charge is -2.39. The maximum Gasteiger partial charge on any atom is 0.254 e. The number of para-hydroxylation sites is 1. The van der Waals surface area contributed by atoms with E-state index in [0.717, 1.165) is 27.7 Å². The van der Waals surface area contributed by atoms with Crippen molar-refractivity contribution in [1.29, 1.82) is 0 Å². The molecular weight excluding hydrogens is 422 g/mol. The number of nitrogens with one attached hydrogen (secondary N) is 1. The minimum atomic E-state index is -0.547. The number of carbonyl (C=O) groups is 2. The molecule has 5 heteroatoms. The Bertz CT molecular complexity index is 1380. The zero-order valence-electron chi connectivity index (χ0n) is 19.9. The molecule has 172 valence electrons. The minimum absolute atomic E-state index is 0.0705. The number of amides is 2. The highest BCUT2D eigenvalue weighted by Crippen LogP contribution is 2.44. The van der Waals surface area contributed by atoms with Crippen molar-refractivity contribution in [2.75, 3.05) is 12.4 Å². The number of likely N-dealkylation sites (N-methyl/N-ethyl adjacent to an activating group) is 1. The van der Waals surface area contributed by atoms with Crippen molar-refractivity contribution >= 4 is 28.4 Å². The molecule has 3 aromatic carbocycles. The van der Waals surface area contributed by atoms with Crippen LogP contribution in [0.15, 0.2) is 79.0 Å². The van der Waals surface area contributed by atoms with Gasteiger partial charge in [-0.05, 0) is 41.3 Å². The predicted octanol–water partition coefficient (Wildman–Crippen LogP) is 5.85. The lowest BCUT2D eigenvalue weighted by molar-refractivity contribution is -0.119. The molecule has 2 amide bonds. The summed E-state index contributed by atoms with van der Waals surface area (Å²) in [6.07, 6.45) is 2.05. The Hall–Kier alpha value is -3.86. The number of aromatic nitrogens is 1. The summed E-state index contributed by atoms with van der Waals surface area (Å²) in [5, 5.41) is 4.17. The van der Waals surface area contributed by atoms with E-state index >= 15 is 0 Å². The van der Waals surface area contributed by atoms with Crippen LogP contribution in [0.3, 0.4) is 0 Å². The van der Waals surface area contributed by atoms with Gasteiger partial charge in [-0.2, -0.15) is 0 Å². The molecule has 0 aliphatic carbocycles. The van der Waals surface area contributed by atoms with E-state index < -0.39 is 12.0 Å². The van der Waals surface area contributed by atoms with E-state index in [0.29, 0.717) is 11.5 Å². The average molecular weight is 452 g/mol. The van der Waals surface area contributed by atoms with Gasteiger partial charge in [0, 0.05) is 48.0 Å². The predicted molar refractivity (Wildman–Crippen MR) is 136 cm³/mol. The number of anilines is 1. The van der Waals surface area contributed by atoms with Crippen molar-refractivity contribution in [2.45, 2.75) is 31.7 Å². The first-order valence-corrected chi connectivity index (χ1v) is 11.7. The van der Waals surface area contributed by atoms with Crippen LogP contribution < -0.4 is 5.32 Å². The second-order valence-electron chi connectivity index (χ2n) is 9.40. The van der Waals surface area contributed by atoms with E-state index in [-0.39, 0.29) is 11.8 Å². The molecule has 0 radical (unpaired) electrons. The summed E-state index contributed by atoms with van der Waals surface area (Å²) in [6.45, 7) is 4.29. The lowest BCUT2D eigenvalue weighted by atomic mass is 9.79. The molecular formula is C29H29N3O2. The third-order valence-electron chi connectivity index (χ3n) is 6.95. The Labute approximate surface area is 200 Å². The van der Waals surface area contributed by atoms with Crippen molar-refractivity contribution in [2.24, 2.45) is 7.05 Å². The SMILES string of the molecule is CC(C)c1ccc(NC(=O)[C@H]2c3ccccc3C(=O)N(C)[C@H]2c2cn(C)c3ccccc23)cc1. The summed E-state index contributed by atoms with van der Waals surface area (Å²) in [5.74, 6) is -0.319. The molecule has 0 spiro atoms. The highest BCUT2D eigenvalue weighted by atomic mass is 16.2. The molecule has 0 fully saturated rings. The van der Waals surface area contributed by atoms with Crippen LogP contribution in [0.5, 0.6) is 0 Å². The second-order valence-corrected chi connectivity index (χ2v) is 9.40. The number of aryl methyl sites for hydroxylation is 1. The van der Waals surface area contributed by atoms with Crippen LogP contribution in [0.1, 0.15) is 58.8 Å². The van der Waals surface area contributed by atoms with Crippen LogP contribution in [0.2, 0.25) is 0 Å². The molecule has 0 unspecified atom stereocenters. The number of carbonyl (C=O) groups excluding carboxylic acids is 2. The normalized spacial score (nSPS) is 17.8. The standard InChI is InChI=1S/C29H29N3O2/c1-18(2)19-13-15-20(16-14-19)30-28(33)26-22-10-5-6-11-23(22)29(34)32(4)27(26)24-17-31(3)25-12-8-7-9-21(24)25/h5-18,26-27H,1-4H3,(H,30,33)/t26-,27-/m0/s1. The monoisotopic (exact) mass is 451 g/mol. The van der Waals surface area contributed by atoms with Crippen molar-refractivity contribution in [3.8, 4) is 0 Å².